The van der Waals surface area contributed by atoms with E-state index in [0.29, 0.717) is 0 Å². The molecule has 0 nitrogen and oxygen atoms in total. The Morgan fingerprint density at radius 2 is 2.00 bits per heavy atom. The topological polar surface area (TPSA) is 0 Å². The lowest BCUT2D eigenvalue weighted by Crippen LogP contribution is -1.93. The van der Waals surface area contributed by atoms with E-state index in [-0.39, 0.29) is 0 Å². The number of allylic oxidation sites excluding steroid dienone is 6. The molecule has 0 amide bonds. The van der Waals surface area contributed by atoms with Crippen molar-refractivity contribution in [2.75, 3.05) is 0 Å². The maximum Gasteiger partial charge on any atom is -0.00913 e. The average Bonchev–Trinajstić information content (AvgIpc) is 2.41. The van der Waals surface area contributed by atoms with Crippen LogP contribution in [0.25, 0.3) is 5.57 Å². The van der Waals surface area contributed by atoms with Gasteiger partial charge in [-0.2, -0.15) is 0 Å². The zero-order chi connectivity index (χ0) is 11.9. The Balaban J connectivity index is 2.20. The van der Waals surface area contributed by atoms with Gasteiger partial charge in [0.1, 0.15) is 0 Å². The Morgan fingerprint density at radius 1 is 1.18 bits per heavy atom. The second kappa shape index (κ2) is 6.24. The minimum atomic E-state index is 1.07. The summed E-state index contributed by atoms with van der Waals surface area (Å²) in [5.41, 5.74) is 4.20. The van der Waals surface area contributed by atoms with E-state index in [2.05, 4.69) is 61.6 Å². The van der Waals surface area contributed by atoms with Gasteiger partial charge in [-0.3, -0.25) is 0 Å². The zero-order valence-corrected chi connectivity index (χ0v) is 10.5. The Morgan fingerprint density at radius 3 is 2.76 bits per heavy atom. The van der Waals surface area contributed by atoms with Gasteiger partial charge in [0.05, 0.1) is 0 Å². The molecule has 1 aromatic carbocycles. The smallest absolute Gasteiger partial charge is 0.00913 e. The van der Waals surface area contributed by atoms with E-state index in [4.69, 9.17) is 0 Å². The molecule has 0 aromatic heterocycles. The third-order valence-corrected chi connectivity index (χ3v) is 3.12. The van der Waals surface area contributed by atoms with Gasteiger partial charge in [-0.05, 0) is 29.6 Å². The lowest BCUT2D eigenvalue weighted by molar-refractivity contribution is 0.811. The van der Waals surface area contributed by atoms with Crippen LogP contribution in [0.4, 0.5) is 0 Å². The molecule has 0 fully saturated rings. The van der Waals surface area contributed by atoms with E-state index in [1.807, 2.05) is 0 Å². The van der Waals surface area contributed by atoms with E-state index in [0.717, 1.165) is 6.42 Å². The van der Waals surface area contributed by atoms with Gasteiger partial charge in [0.2, 0.25) is 0 Å². The minimum Gasteiger partial charge on any atom is -0.0804 e. The summed E-state index contributed by atoms with van der Waals surface area (Å²) in [6, 6.07) is 10.7. The van der Waals surface area contributed by atoms with Gasteiger partial charge in [0, 0.05) is 0 Å². The normalized spacial score (nSPS) is 17.2. The highest BCUT2D eigenvalue weighted by Crippen LogP contribution is 2.29. The van der Waals surface area contributed by atoms with Crippen LogP contribution in [0.1, 0.15) is 38.2 Å². The van der Waals surface area contributed by atoms with Gasteiger partial charge in [0.25, 0.3) is 0 Å². The zero-order valence-electron chi connectivity index (χ0n) is 10.5. The Bertz CT molecular complexity index is 432. The largest absolute Gasteiger partial charge is 0.0804 e. The molecule has 2 rings (SSSR count). The molecule has 0 bridgehead atoms. The molecule has 17 heavy (non-hydrogen) atoms. The SMILES string of the molecule is CCCCC=C1CC=CC=C1c1ccccc1. The van der Waals surface area contributed by atoms with E-state index < -0.39 is 0 Å². The second-order valence-electron chi connectivity index (χ2n) is 4.45. The van der Waals surface area contributed by atoms with Crippen molar-refractivity contribution in [1.82, 2.24) is 0 Å². The lowest BCUT2D eigenvalue weighted by Gasteiger charge is -2.14. The predicted molar refractivity (Wildman–Crippen MR) is 75.8 cm³/mol. The highest BCUT2D eigenvalue weighted by molar-refractivity contribution is 5.81. The molecular formula is C17H20. The number of benzene rings is 1. The fourth-order valence-corrected chi connectivity index (χ4v) is 2.15. The van der Waals surface area contributed by atoms with Crippen molar-refractivity contribution in [3.05, 3.63) is 65.8 Å². The molecule has 0 saturated carbocycles. The van der Waals surface area contributed by atoms with Crippen molar-refractivity contribution in [3.63, 3.8) is 0 Å². The van der Waals surface area contributed by atoms with Crippen molar-refractivity contribution in [1.29, 1.82) is 0 Å². The number of hydrogen-bond donors (Lipinski definition) is 0. The Kier molecular flexibility index (Phi) is 4.37. The van der Waals surface area contributed by atoms with Crippen molar-refractivity contribution >= 4 is 5.57 Å². The van der Waals surface area contributed by atoms with Crippen LogP contribution in [0.5, 0.6) is 0 Å². The molecular weight excluding hydrogens is 204 g/mol. The molecule has 0 saturated heterocycles. The average molecular weight is 224 g/mol. The van der Waals surface area contributed by atoms with Crippen LogP contribution in [0, 0.1) is 0 Å². The fourth-order valence-electron chi connectivity index (χ4n) is 2.15. The summed E-state index contributed by atoms with van der Waals surface area (Å²) >= 11 is 0. The third-order valence-electron chi connectivity index (χ3n) is 3.12. The van der Waals surface area contributed by atoms with Crippen LogP contribution in [0.2, 0.25) is 0 Å². The predicted octanol–water partition coefficient (Wildman–Crippen LogP) is 5.15. The van der Waals surface area contributed by atoms with Crippen LogP contribution in [-0.2, 0) is 0 Å². The molecule has 0 heterocycles. The summed E-state index contributed by atoms with van der Waals surface area (Å²) in [5.74, 6) is 0. The molecule has 1 aliphatic carbocycles. The first-order chi connectivity index (χ1) is 8.42. The van der Waals surface area contributed by atoms with Gasteiger partial charge in [-0.15, -0.1) is 0 Å². The Labute approximate surface area is 104 Å². The first-order valence-corrected chi connectivity index (χ1v) is 6.53. The van der Waals surface area contributed by atoms with Crippen LogP contribution >= 0.6 is 0 Å². The van der Waals surface area contributed by atoms with E-state index in [1.54, 1.807) is 0 Å². The third kappa shape index (κ3) is 3.20. The second-order valence-corrected chi connectivity index (χ2v) is 4.45. The standard InChI is InChI=1S/C17H20/c1-2-3-5-10-15-13-8-9-14-17(15)16-11-6-4-7-12-16/h4,6-12,14H,2-3,5,13H2,1H3. The van der Waals surface area contributed by atoms with E-state index in [9.17, 15) is 0 Å². The number of rotatable bonds is 4. The van der Waals surface area contributed by atoms with Gasteiger partial charge in [-0.1, -0.05) is 74.4 Å². The summed E-state index contributed by atoms with van der Waals surface area (Å²) in [6.07, 6.45) is 13.9. The lowest BCUT2D eigenvalue weighted by atomic mass is 9.91. The summed E-state index contributed by atoms with van der Waals surface area (Å²) in [6.45, 7) is 2.24. The maximum absolute atomic E-state index is 2.41. The first-order valence-electron chi connectivity index (χ1n) is 6.53. The molecule has 0 N–H and O–H groups in total. The van der Waals surface area contributed by atoms with Crippen molar-refractivity contribution in [2.45, 2.75) is 32.6 Å². The molecule has 1 aliphatic rings. The van der Waals surface area contributed by atoms with Gasteiger partial charge < -0.3 is 0 Å². The number of hydrogen-bond acceptors (Lipinski definition) is 0. The van der Waals surface area contributed by atoms with Crippen molar-refractivity contribution in [2.24, 2.45) is 0 Å². The highest BCUT2D eigenvalue weighted by atomic mass is 14.1. The molecule has 0 atom stereocenters. The highest BCUT2D eigenvalue weighted by Gasteiger charge is 2.08. The quantitative estimate of drug-likeness (QED) is 0.621. The molecule has 0 heteroatoms. The maximum atomic E-state index is 2.41. The molecule has 0 unspecified atom stereocenters. The summed E-state index contributed by atoms with van der Waals surface area (Å²) in [5, 5.41) is 0. The minimum absolute atomic E-state index is 1.07. The first kappa shape index (κ1) is 11.9. The molecule has 0 radical (unpaired) electrons. The van der Waals surface area contributed by atoms with Gasteiger partial charge in [-0.25, -0.2) is 0 Å². The van der Waals surface area contributed by atoms with Crippen LogP contribution in [0.15, 0.2) is 60.2 Å². The van der Waals surface area contributed by atoms with Gasteiger partial charge in [0.15, 0.2) is 0 Å². The molecule has 1 aromatic rings. The summed E-state index contributed by atoms with van der Waals surface area (Å²) in [7, 11) is 0. The van der Waals surface area contributed by atoms with Crippen molar-refractivity contribution < 1.29 is 0 Å². The van der Waals surface area contributed by atoms with Crippen LogP contribution < -0.4 is 0 Å². The molecule has 88 valence electrons. The monoisotopic (exact) mass is 224 g/mol. The van der Waals surface area contributed by atoms with Crippen LogP contribution in [0.3, 0.4) is 0 Å². The van der Waals surface area contributed by atoms with E-state index >= 15 is 0 Å². The molecule has 0 spiro atoms. The van der Waals surface area contributed by atoms with E-state index in [1.165, 1.54) is 36.0 Å². The Hall–Kier alpha value is -1.56. The summed E-state index contributed by atoms with van der Waals surface area (Å²) in [4.78, 5) is 0. The molecule has 0 aliphatic heterocycles. The summed E-state index contributed by atoms with van der Waals surface area (Å²) < 4.78 is 0. The van der Waals surface area contributed by atoms with Crippen molar-refractivity contribution in [3.8, 4) is 0 Å². The van der Waals surface area contributed by atoms with Crippen LogP contribution in [-0.4, -0.2) is 0 Å². The fraction of sp³-hybridized carbons (Fsp3) is 0.294. The number of unbranched alkanes of at least 4 members (excludes halogenated alkanes) is 2. The van der Waals surface area contributed by atoms with Gasteiger partial charge >= 0.3 is 0 Å².